The van der Waals surface area contributed by atoms with E-state index in [1.165, 1.54) is 24.2 Å². The largest absolute Gasteiger partial charge is 0.435 e. The highest BCUT2D eigenvalue weighted by Gasteiger charge is 2.21. The van der Waals surface area contributed by atoms with Gasteiger partial charge < -0.3 is 10.1 Å². The molecular weight excluding hydrogens is 308 g/mol. The molecule has 1 aliphatic heterocycles. The van der Waals surface area contributed by atoms with Gasteiger partial charge in [-0.05, 0) is 24.1 Å². The van der Waals surface area contributed by atoms with Crippen molar-refractivity contribution in [2.24, 2.45) is 5.10 Å². The van der Waals surface area contributed by atoms with Crippen molar-refractivity contribution in [3.8, 4) is 5.75 Å². The van der Waals surface area contributed by atoms with Crippen LogP contribution in [-0.4, -0.2) is 42.7 Å². The lowest BCUT2D eigenvalue weighted by Crippen LogP contribution is -2.38. The van der Waals surface area contributed by atoms with E-state index < -0.39 is 6.61 Å². The number of alkyl halides is 2. The van der Waals surface area contributed by atoms with Crippen LogP contribution in [-0.2, 0) is 16.0 Å². The summed E-state index contributed by atoms with van der Waals surface area (Å²) in [5.74, 6) is -0.327. The Morgan fingerprint density at radius 3 is 2.65 bits per heavy atom. The fourth-order valence-electron chi connectivity index (χ4n) is 2.09. The Bertz CT molecular complexity index is 602. The molecule has 6 nitrogen and oxygen atoms in total. The van der Waals surface area contributed by atoms with Gasteiger partial charge in [0.2, 0.25) is 5.91 Å². The van der Waals surface area contributed by atoms with Crippen molar-refractivity contribution >= 4 is 17.5 Å². The van der Waals surface area contributed by atoms with E-state index in [1.54, 1.807) is 12.1 Å². The highest BCUT2D eigenvalue weighted by molar-refractivity contribution is 6.39. The van der Waals surface area contributed by atoms with Crippen LogP contribution in [0.15, 0.2) is 29.4 Å². The fraction of sp³-hybridized carbons (Fsp3) is 0.400. The number of hydrazone groups is 1. The van der Waals surface area contributed by atoms with Gasteiger partial charge in [-0.3, -0.25) is 9.59 Å². The Labute approximate surface area is 132 Å². The average Bonchev–Trinajstić information content (AvgIpc) is 2.51. The number of rotatable bonds is 6. The molecule has 0 atom stereocenters. The first-order chi connectivity index (χ1) is 11.0. The number of hydrogen-bond acceptors (Lipinski definition) is 4. The minimum Gasteiger partial charge on any atom is -0.435 e. The molecule has 0 unspecified atom stereocenters. The van der Waals surface area contributed by atoms with Crippen LogP contribution in [0, 0.1) is 0 Å². The molecule has 1 aromatic carbocycles. The molecule has 0 saturated carbocycles. The molecule has 0 bridgehead atoms. The second kappa shape index (κ2) is 7.66. The molecule has 8 heteroatoms. The summed E-state index contributed by atoms with van der Waals surface area (Å²) in [6.45, 7) is -2.47. The second-order valence-electron chi connectivity index (χ2n) is 4.99. The monoisotopic (exact) mass is 325 g/mol. The van der Waals surface area contributed by atoms with Crippen molar-refractivity contribution in [3.05, 3.63) is 29.8 Å². The van der Waals surface area contributed by atoms with Crippen molar-refractivity contribution in [3.63, 3.8) is 0 Å². The normalized spacial score (nSPS) is 14.7. The number of benzene rings is 1. The lowest BCUT2D eigenvalue weighted by Gasteiger charge is -2.18. The van der Waals surface area contributed by atoms with Gasteiger partial charge in [0.05, 0.1) is 0 Å². The number of nitrogens with one attached hydrogen (secondary N) is 1. The molecule has 0 fully saturated rings. The number of halogens is 2. The third-order valence-electron chi connectivity index (χ3n) is 3.32. The molecule has 2 rings (SSSR count). The zero-order valence-corrected chi connectivity index (χ0v) is 12.6. The summed E-state index contributed by atoms with van der Waals surface area (Å²) < 4.78 is 28.3. The molecule has 0 saturated heterocycles. The maximum Gasteiger partial charge on any atom is 0.387 e. The first-order valence-electron chi connectivity index (χ1n) is 7.11. The van der Waals surface area contributed by atoms with Gasteiger partial charge in [0.25, 0.3) is 5.91 Å². The molecule has 0 aromatic heterocycles. The molecule has 23 heavy (non-hydrogen) atoms. The van der Waals surface area contributed by atoms with E-state index in [0.717, 1.165) is 5.56 Å². The number of amides is 2. The van der Waals surface area contributed by atoms with Crippen LogP contribution in [0.1, 0.15) is 18.4 Å². The molecule has 0 spiro atoms. The molecule has 1 heterocycles. The highest BCUT2D eigenvalue weighted by atomic mass is 19.3. The zero-order chi connectivity index (χ0) is 16.8. The maximum atomic E-state index is 12.0. The molecule has 1 aromatic rings. The van der Waals surface area contributed by atoms with Gasteiger partial charge in [-0.25, -0.2) is 5.01 Å². The SMILES string of the molecule is CN1N=C(C(=O)NCCc2ccc(OC(F)F)cc2)CCC1=O. The van der Waals surface area contributed by atoms with Crippen LogP contribution in [0.3, 0.4) is 0 Å². The van der Waals surface area contributed by atoms with Crippen molar-refractivity contribution in [2.45, 2.75) is 25.9 Å². The van der Waals surface area contributed by atoms with Crippen LogP contribution in [0.2, 0.25) is 0 Å². The van der Waals surface area contributed by atoms with Crippen LogP contribution in [0.4, 0.5) is 8.78 Å². The standard InChI is InChI=1S/C15H17F2N3O3/c1-20-13(21)7-6-12(19-20)14(22)18-9-8-10-2-4-11(5-3-10)23-15(16)17/h2-5,15H,6-9H2,1H3,(H,18,22). The van der Waals surface area contributed by atoms with E-state index in [4.69, 9.17) is 0 Å². The summed E-state index contributed by atoms with van der Waals surface area (Å²) in [6.07, 6.45) is 1.14. The van der Waals surface area contributed by atoms with Gasteiger partial charge >= 0.3 is 6.61 Å². The summed E-state index contributed by atoms with van der Waals surface area (Å²) in [5, 5.41) is 7.82. The Hall–Kier alpha value is -2.51. The van der Waals surface area contributed by atoms with Gasteiger partial charge in [0.1, 0.15) is 11.5 Å². The van der Waals surface area contributed by atoms with Gasteiger partial charge in [-0.2, -0.15) is 13.9 Å². The average molecular weight is 325 g/mol. The van der Waals surface area contributed by atoms with Crippen molar-refractivity contribution in [2.75, 3.05) is 13.6 Å². The van der Waals surface area contributed by atoms with Crippen LogP contribution < -0.4 is 10.1 Å². The molecule has 124 valence electrons. The summed E-state index contributed by atoms with van der Waals surface area (Å²) in [7, 11) is 1.51. The first-order valence-corrected chi connectivity index (χ1v) is 7.11. The van der Waals surface area contributed by atoms with E-state index >= 15 is 0 Å². The van der Waals surface area contributed by atoms with Gasteiger partial charge in [-0.15, -0.1) is 0 Å². The zero-order valence-electron chi connectivity index (χ0n) is 12.6. The quantitative estimate of drug-likeness (QED) is 0.863. The fourth-order valence-corrected chi connectivity index (χ4v) is 2.09. The molecule has 1 aliphatic rings. The Morgan fingerprint density at radius 1 is 1.35 bits per heavy atom. The molecule has 2 amide bonds. The second-order valence-corrected chi connectivity index (χ2v) is 4.99. The predicted octanol–water partition coefficient (Wildman–Crippen LogP) is 1.55. The van der Waals surface area contributed by atoms with E-state index in [9.17, 15) is 18.4 Å². The summed E-state index contributed by atoms with van der Waals surface area (Å²) in [4.78, 5) is 23.2. The predicted molar refractivity (Wildman–Crippen MR) is 79.2 cm³/mol. The van der Waals surface area contributed by atoms with Gasteiger partial charge in [-0.1, -0.05) is 12.1 Å². The van der Waals surface area contributed by atoms with Crippen LogP contribution in [0.25, 0.3) is 0 Å². The Balaban J connectivity index is 1.79. The van der Waals surface area contributed by atoms with Crippen molar-refractivity contribution < 1.29 is 23.1 Å². The minimum atomic E-state index is -2.85. The van der Waals surface area contributed by atoms with E-state index in [1.807, 2.05) is 0 Å². The lowest BCUT2D eigenvalue weighted by atomic mass is 10.1. The minimum absolute atomic E-state index is 0.0945. The number of carbonyl (C=O) groups is 2. The van der Waals surface area contributed by atoms with E-state index in [0.29, 0.717) is 25.1 Å². The number of carbonyl (C=O) groups excluding carboxylic acids is 2. The third kappa shape index (κ3) is 5.01. The van der Waals surface area contributed by atoms with Crippen LogP contribution in [0.5, 0.6) is 5.75 Å². The lowest BCUT2D eigenvalue weighted by molar-refractivity contribution is -0.130. The van der Waals surface area contributed by atoms with Gasteiger partial charge in [0, 0.05) is 26.4 Å². The molecular formula is C15H17F2N3O3. The molecule has 0 radical (unpaired) electrons. The van der Waals surface area contributed by atoms with Crippen LogP contribution >= 0.6 is 0 Å². The summed E-state index contributed by atoms with van der Waals surface area (Å²) >= 11 is 0. The van der Waals surface area contributed by atoms with Crippen molar-refractivity contribution in [1.82, 2.24) is 10.3 Å². The number of nitrogens with zero attached hydrogens (tertiary/aromatic N) is 2. The first kappa shape index (κ1) is 16.9. The van der Waals surface area contributed by atoms with E-state index in [-0.39, 0.29) is 24.0 Å². The Kier molecular flexibility index (Phi) is 5.61. The van der Waals surface area contributed by atoms with Crippen molar-refractivity contribution in [1.29, 1.82) is 0 Å². The third-order valence-corrected chi connectivity index (χ3v) is 3.32. The van der Waals surface area contributed by atoms with Gasteiger partial charge in [0.15, 0.2) is 0 Å². The number of hydrogen-bond donors (Lipinski definition) is 1. The summed E-state index contributed by atoms with van der Waals surface area (Å²) in [5.41, 5.74) is 1.21. The number of ether oxygens (including phenoxy) is 1. The smallest absolute Gasteiger partial charge is 0.387 e. The maximum absolute atomic E-state index is 12.0. The summed E-state index contributed by atoms with van der Waals surface area (Å²) in [6, 6.07) is 6.23. The van der Waals surface area contributed by atoms with E-state index in [2.05, 4.69) is 15.2 Å². The topological polar surface area (TPSA) is 71.0 Å². The molecule has 1 N–H and O–H groups in total. The Morgan fingerprint density at radius 2 is 2.04 bits per heavy atom. The molecule has 0 aliphatic carbocycles. The highest BCUT2D eigenvalue weighted by Crippen LogP contribution is 2.15.